The number of hydrogen-bond acceptors (Lipinski definition) is 4. The second-order valence-electron chi connectivity index (χ2n) is 4.67. The van der Waals surface area contributed by atoms with Crippen molar-refractivity contribution in [2.24, 2.45) is 5.14 Å². The van der Waals surface area contributed by atoms with Crippen LogP contribution in [0.3, 0.4) is 0 Å². The van der Waals surface area contributed by atoms with Gasteiger partial charge >= 0.3 is 0 Å². The average molecular weight is 374 g/mol. The summed E-state index contributed by atoms with van der Waals surface area (Å²) in [4.78, 5) is 0.0927. The van der Waals surface area contributed by atoms with Gasteiger partial charge in [-0.1, -0.05) is 6.07 Å². The normalized spacial score (nSPS) is 11.7. The summed E-state index contributed by atoms with van der Waals surface area (Å²) in [6.07, 6.45) is 0. The number of halogens is 1. The number of methoxy groups -OCH3 is 1. The molecule has 2 N–H and O–H groups in total. The van der Waals surface area contributed by atoms with Crippen molar-refractivity contribution in [1.82, 2.24) is 9.78 Å². The van der Waals surface area contributed by atoms with Crippen molar-refractivity contribution in [1.29, 1.82) is 0 Å². The molecule has 8 heteroatoms. The van der Waals surface area contributed by atoms with E-state index in [1.165, 1.54) is 0 Å². The van der Waals surface area contributed by atoms with Crippen LogP contribution in [0, 0.1) is 13.8 Å². The van der Waals surface area contributed by atoms with Crippen molar-refractivity contribution in [3.8, 4) is 5.75 Å². The maximum atomic E-state index is 11.6. The number of aromatic nitrogens is 2. The van der Waals surface area contributed by atoms with Crippen LogP contribution in [-0.4, -0.2) is 25.3 Å². The summed E-state index contributed by atoms with van der Waals surface area (Å²) in [6.45, 7) is 3.77. The van der Waals surface area contributed by atoms with E-state index in [-0.39, 0.29) is 4.90 Å². The predicted octanol–water partition coefficient (Wildman–Crippen LogP) is 1.97. The molecule has 0 fully saturated rings. The number of primary sulfonamides is 1. The molecule has 1 aromatic heterocycles. The Morgan fingerprint density at radius 2 is 2.05 bits per heavy atom. The van der Waals surface area contributed by atoms with Gasteiger partial charge in [-0.25, -0.2) is 13.6 Å². The number of hydrogen-bond donors (Lipinski definition) is 1. The summed E-state index contributed by atoms with van der Waals surface area (Å²) < 4.78 is 30.8. The fraction of sp³-hybridized carbons (Fsp3) is 0.308. The third kappa shape index (κ3) is 3.28. The molecule has 0 aliphatic heterocycles. The molecule has 2 aromatic rings. The summed E-state index contributed by atoms with van der Waals surface area (Å²) >= 11 is 3.42. The number of nitrogens with zero attached hydrogens (tertiary/aromatic N) is 2. The molecule has 114 valence electrons. The molecule has 1 heterocycles. The molecular formula is C13H16BrN3O3S. The summed E-state index contributed by atoms with van der Waals surface area (Å²) in [7, 11) is -2.17. The van der Waals surface area contributed by atoms with Crippen LogP contribution in [0.2, 0.25) is 0 Å². The van der Waals surface area contributed by atoms with Crippen LogP contribution >= 0.6 is 15.9 Å². The molecule has 0 unspecified atom stereocenters. The van der Waals surface area contributed by atoms with Crippen molar-refractivity contribution in [3.05, 3.63) is 39.6 Å². The average Bonchev–Trinajstić information content (AvgIpc) is 2.64. The molecule has 0 atom stereocenters. The topological polar surface area (TPSA) is 87.2 Å². The summed E-state index contributed by atoms with van der Waals surface area (Å²) in [6, 6.07) is 5.65. The molecule has 0 amide bonds. The molecule has 0 aliphatic rings. The van der Waals surface area contributed by atoms with E-state index >= 15 is 0 Å². The minimum Gasteiger partial charge on any atom is -0.496 e. The fourth-order valence-electron chi connectivity index (χ4n) is 2.23. The van der Waals surface area contributed by atoms with Gasteiger partial charge in [-0.3, -0.25) is 4.68 Å². The highest BCUT2D eigenvalue weighted by molar-refractivity contribution is 9.10. The Bertz CT molecular complexity index is 784. The van der Waals surface area contributed by atoms with Gasteiger partial charge < -0.3 is 4.74 Å². The molecule has 2 rings (SSSR count). The van der Waals surface area contributed by atoms with E-state index in [4.69, 9.17) is 9.88 Å². The van der Waals surface area contributed by atoms with Crippen molar-refractivity contribution >= 4 is 26.0 Å². The van der Waals surface area contributed by atoms with Crippen LogP contribution < -0.4 is 9.88 Å². The molecule has 0 aliphatic carbocycles. The Balaban J connectivity index is 2.39. The van der Waals surface area contributed by atoms with E-state index in [1.807, 2.05) is 18.2 Å². The lowest BCUT2D eigenvalue weighted by molar-refractivity contribution is 0.412. The van der Waals surface area contributed by atoms with Gasteiger partial charge in [-0.15, -0.1) is 0 Å². The van der Waals surface area contributed by atoms with Crippen molar-refractivity contribution in [3.63, 3.8) is 0 Å². The quantitative estimate of drug-likeness (QED) is 0.887. The lowest BCUT2D eigenvalue weighted by Crippen LogP contribution is -2.14. The molecule has 6 nitrogen and oxygen atoms in total. The first-order valence-corrected chi connectivity index (χ1v) is 8.47. The van der Waals surface area contributed by atoms with Gasteiger partial charge in [0.2, 0.25) is 10.0 Å². The molecule has 21 heavy (non-hydrogen) atoms. The zero-order valence-corrected chi connectivity index (χ0v) is 14.3. The zero-order chi connectivity index (χ0) is 15.8. The van der Waals surface area contributed by atoms with Crippen LogP contribution in [-0.2, 0) is 16.6 Å². The number of ether oxygens (including phenoxy) is 1. The first kappa shape index (κ1) is 16.0. The van der Waals surface area contributed by atoms with Gasteiger partial charge in [-0.2, -0.15) is 5.10 Å². The number of rotatable bonds is 4. The molecule has 0 spiro atoms. The van der Waals surface area contributed by atoms with Crippen molar-refractivity contribution < 1.29 is 13.2 Å². The van der Waals surface area contributed by atoms with E-state index in [0.29, 0.717) is 17.9 Å². The van der Waals surface area contributed by atoms with Crippen LogP contribution in [0.5, 0.6) is 5.75 Å². The van der Waals surface area contributed by atoms with Gasteiger partial charge in [0, 0.05) is 0 Å². The lowest BCUT2D eigenvalue weighted by Gasteiger charge is -2.08. The van der Waals surface area contributed by atoms with E-state index in [0.717, 1.165) is 15.8 Å². The summed E-state index contributed by atoms with van der Waals surface area (Å²) in [5.41, 5.74) is 1.90. The summed E-state index contributed by atoms with van der Waals surface area (Å²) in [5, 5.41) is 9.48. The standard InChI is InChI=1S/C13H16BrN3O3S/c1-8-13(21(15,18)19)9(2)17(16-8)7-10-4-5-12(20-3)11(14)6-10/h4-6H,7H2,1-3H3,(H2,15,18,19). The van der Waals surface area contributed by atoms with Crippen LogP contribution in [0.1, 0.15) is 17.0 Å². The summed E-state index contributed by atoms with van der Waals surface area (Å²) in [5.74, 6) is 0.734. The van der Waals surface area contributed by atoms with E-state index in [2.05, 4.69) is 21.0 Å². The molecule has 0 saturated heterocycles. The fourth-order valence-corrected chi connectivity index (χ4v) is 3.79. The number of nitrogens with two attached hydrogens (primary N) is 1. The third-order valence-corrected chi connectivity index (χ3v) is 4.93. The smallest absolute Gasteiger partial charge is 0.241 e. The highest BCUT2D eigenvalue weighted by atomic mass is 79.9. The Morgan fingerprint density at radius 3 is 2.52 bits per heavy atom. The Labute approximate surface area is 132 Å². The number of benzene rings is 1. The Hall–Kier alpha value is -1.38. The highest BCUT2D eigenvalue weighted by Gasteiger charge is 2.21. The second kappa shape index (κ2) is 5.78. The highest BCUT2D eigenvalue weighted by Crippen LogP contribution is 2.26. The monoisotopic (exact) mass is 373 g/mol. The van der Waals surface area contributed by atoms with E-state index in [1.54, 1.807) is 25.6 Å². The Kier molecular flexibility index (Phi) is 4.40. The lowest BCUT2D eigenvalue weighted by atomic mass is 10.2. The van der Waals surface area contributed by atoms with Gasteiger partial charge in [0.1, 0.15) is 10.6 Å². The molecule has 0 saturated carbocycles. The largest absolute Gasteiger partial charge is 0.496 e. The number of aryl methyl sites for hydroxylation is 1. The predicted molar refractivity (Wildman–Crippen MR) is 82.9 cm³/mol. The molecule has 0 bridgehead atoms. The van der Waals surface area contributed by atoms with Gasteiger partial charge in [0.15, 0.2) is 0 Å². The maximum Gasteiger partial charge on any atom is 0.241 e. The SMILES string of the molecule is COc1ccc(Cn2nc(C)c(S(N)(=O)=O)c2C)cc1Br. The first-order valence-electron chi connectivity index (χ1n) is 6.13. The number of sulfonamides is 1. The van der Waals surface area contributed by atoms with Crippen LogP contribution in [0.4, 0.5) is 0 Å². The van der Waals surface area contributed by atoms with Crippen LogP contribution in [0.15, 0.2) is 27.6 Å². The Morgan fingerprint density at radius 1 is 1.38 bits per heavy atom. The second-order valence-corrected chi connectivity index (χ2v) is 7.02. The minimum absolute atomic E-state index is 0.0927. The van der Waals surface area contributed by atoms with E-state index in [9.17, 15) is 8.42 Å². The maximum absolute atomic E-state index is 11.6. The first-order chi connectivity index (χ1) is 9.74. The van der Waals surface area contributed by atoms with Gasteiger partial charge in [-0.05, 0) is 47.5 Å². The van der Waals surface area contributed by atoms with Crippen molar-refractivity contribution in [2.75, 3.05) is 7.11 Å². The third-order valence-electron chi connectivity index (χ3n) is 3.15. The zero-order valence-electron chi connectivity index (χ0n) is 11.9. The minimum atomic E-state index is -3.77. The molecule has 1 aromatic carbocycles. The van der Waals surface area contributed by atoms with Crippen LogP contribution in [0.25, 0.3) is 0 Å². The molecular weight excluding hydrogens is 358 g/mol. The van der Waals surface area contributed by atoms with Gasteiger partial charge in [0.25, 0.3) is 0 Å². The molecule has 0 radical (unpaired) electrons. The van der Waals surface area contributed by atoms with E-state index < -0.39 is 10.0 Å². The van der Waals surface area contributed by atoms with Gasteiger partial charge in [0.05, 0.1) is 29.5 Å². The van der Waals surface area contributed by atoms with Crippen molar-refractivity contribution in [2.45, 2.75) is 25.3 Å².